The zero-order valence-electron chi connectivity index (χ0n) is 16.8. The van der Waals surface area contributed by atoms with Crippen molar-refractivity contribution in [1.82, 2.24) is 5.32 Å². The lowest BCUT2D eigenvalue weighted by atomic mass is 10.1. The van der Waals surface area contributed by atoms with Crippen molar-refractivity contribution in [3.05, 3.63) is 51.0 Å². The molecule has 0 aliphatic heterocycles. The third-order valence-corrected chi connectivity index (χ3v) is 4.70. The molecule has 2 rings (SSSR count). The first kappa shape index (κ1) is 23.0. The van der Waals surface area contributed by atoms with Crippen LogP contribution in [0.25, 0.3) is 0 Å². The maximum atomic E-state index is 12.5. The van der Waals surface area contributed by atoms with E-state index < -0.39 is 5.91 Å². The number of anilines is 1. The molecule has 0 aliphatic rings. The van der Waals surface area contributed by atoms with Crippen LogP contribution in [-0.2, 0) is 4.79 Å². The van der Waals surface area contributed by atoms with Crippen molar-refractivity contribution in [1.29, 1.82) is 0 Å². The molecule has 0 heterocycles. The quantitative estimate of drug-likeness (QED) is 0.564. The Labute approximate surface area is 184 Å². The number of methoxy groups -OCH3 is 1. The fourth-order valence-corrected chi connectivity index (χ4v) is 3.21. The standard InChI is InChI=1S/C21H24BrClN2O4/c1-12(2)11-29-20-16(23)8-14(9-18(20)28-4)21(27)24-10-19(26)25-17-6-5-15(22)7-13(17)3/h5-9,12H,10-11H2,1-4H3,(H,24,27)(H,25,26). The lowest BCUT2D eigenvalue weighted by molar-refractivity contribution is -0.115. The van der Waals surface area contributed by atoms with E-state index in [0.29, 0.717) is 29.7 Å². The summed E-state index contributed by atoms with van der Waals surface area (Å²) in [6.45, 7) is 6.21. The minimum Gasteiger partial charge on any atom is -0.493 e. The molecule has 0 bridgehead atoms. The fraction of sp³-hybridized carbons (Fsp3) is 0.333. The van der Waals surface area contributed by atoms with Crippen molar-refractivity contribution in [2.75, 3.05) is 25.6 Å². The van der Waals surface area contributed by atoms with Crippen LogP contribution in [0.2, 0.25) is 5.02 Å². The summed E-state index contributed by atoms with van der Waals surface area (Å²) in [6.07, 6.45) is 0. The first-order valence-corrected chi connectivity index (χ1v) is 10.2. The summed E-state index contributed by atoms with van der Waals surface area (Å²) in [7, 11) is 1.48. The molecule has 0 unspecified atom stereocenters. The highest BCUT2D eigenvalue weighted by atomic mass is 79.9. The van der Waals surface area contributed by atoms with Gasteiger partial charge in [-0.1, -0.05) is 41.4 Å². The van der Waals surface area contributed by atoms with E-state index >= 15 is 0 Å². The van der Waals surface area contributed by atoms with Crippen LogP contribution < -0.4 is 20.1 Å². The van der Waals surface area contributed by atoms with Crippen LogP contribution in [-0.4, -0.2) is 32.1 Å². The summed E-state index contributed by atoms with van der Waals surface area (Å²) in [5, 5.41) is 5.62. The van der Waals surface area contributed by atoms with Gasteiger partial charge in [0.1, 0.15) is 0 Å². The molecule has 0 spiro atoms. The summed E-state index contributed by atoms with van der Waals surface area (Å²) in [5.41, 5.74) is 1.87. The van der Waals surface area contributed by atoms with Gasteiger partial charge < -0.3 is 20.1 Å². The lowest BCUT2D eigenvalue weighted by Crippen LogP contribution is -2.33. The van der Waals surface area contributed by atoms with Crippen LogP contribution in [0, 0.1) is 12.8 Å². The van der Waals surface area contributed by atoms with Crippen LogP contribution in [0.4, 0.5) is 5.69 Å². The van der Waals surface area contributed by atoms with Crippen LogP contribution in [0.15, 0.2) is 34.8 Å². The zero-order chi connectivity index (χ0) is 21.6. The highest BCUT2D eigenvalue weighted by Crippen LogP contribution is 2.36. The van der Waals surface area contributed by atoms with Crippen LogP contribution in [0.1, 0.15) is 29.8 Å². The number of aryl methyl sites for hydroxylation is 1. The Morgan fingerprint density at radius 3 is 2.55 bits per heavy atom. The molecule has 0 saturated carbocycles. The summed E-state index contributed by atoms with van der Waals surface area (Å²) in [6, 6.07) is 8.54. The fourth-order valence-electron chi connectivity index (χ4n) is 2.47. The van der Waals surface area contributed by atoms with Crippen molar-refractivity contribution in [3.8, 4) is 11.5 Å². The number of carbonyl (C=O) groups excluding carboxylic acids is 2. The molecule has 6 nitrogen and oxygen atoms in total. The van der Waals surface area contributed by atoms with E-state index in [-0.39, 0.29) is 23.0 Å². The Morgan fingerprint density at radius 1 is 1.21 bits per heavy atom. The molecular weight excluding hydrogens is 460 g/mol. The van der Waals surface area contributed by atoms with E-state index in [1.54, 1.807) is 6.07 Å². The second kappa shape index (κ2) is 10.5. The Hall–Kier alpha value is -2.25. The van der Waals surface area contributed by atoms with E-state index in [1.165, 1.54) is 19.2 Å². The van der Waals surface area contributed by atoms with Crippen LogP contribution >= 0.6 is 27.5 Å². The highest BCUT2D eigenvalue weighted by Gasteiger charge is 2.17. The third kappa shape index (κ3) is 6.65. The Morgan fingerprint density at radius 2 is 1.93 bits per heavy atom. The number of halogens is 2. The van der Waals surface area contributed by atoms with Gasteiger partial charge in [-0.2, -0.15) is 0 Å². The van der Waals surface area contributed by atoms with E-state index in [4.69, 9.17) is 21.1 Å². The molecule has 0 fully saturated rings. The molecule has 2 N–H and O–H groups in total. The maximum absolute atomic E-state index is 12.5. The molecular formula is C21H24BrClN2O4. The number of nitrogens with one attached hydrogen (secondary N) is 2. The number of hydrogen-bond acceptors (Lipinski definition) is 4. The van der Waals surface area contributed by atoms with Gasteiger partial charge >= 0.3 is 0 Å². The second-order valence-electron chi connectivity index (χ2n) is 6.88. The molecule has 2 aromatic rings. The van der Waals surface area contributed by atoms with Gasteiger partial charge in [0.05, 0.1) is 25.3 Å². The molecule has 0 aliphatic carbocycles. The van der Waals surface area contributed by atoms with E-state index in [9.17, 15) is 9.59 Å². The second-order valence-corrected chi connectivity index (χ2v) is 8.21. The molecule has 29 heavy (non-hydrogen) atoms. The molecule has 0 saturated heterocycles. The first-order chi connectivity index (χ1) is 13.7. The van der Waals surface area contributed by atoms with Gasteiger partial charge in [-0.3, -0.25) is 9.59 Å². The molecule has 8 heteroatoms. The molecule has 2 aromatic carbocycles. The predicted molar refractivity (Wildman–Crippen MR) is 118 cm³/mol. The number of amides is 2. The summed E-state index contributed by atoms with van der Waals surface area (Å²) < 4.78 is 11.9. The first-order valence-electron chi connectivity index (χ1n) is 9.05. The Balaban J connectivity index is 2.02. The number of rotatable bonds is 8. The van der Waals surface area contributed by atoms with E-state index in [0.717, 1.165) is 10.0 Å². The van der Waals surface area contributed by atoms with Crippen LogP contribution in [0.3, 0.4) is 0 Å². The minimum atomic E-state index is -0.441. The topological polar surface area (TPSA) is 76.7 Å². The average Bonchev–Trinajstić information content (AvgIpc) is 2.66. The molecule has 2 amide bonds. The van der Waals surface area contributed by atoms with Gasteiger partial charge in [-0.15, -0.1) is 0 Å². The van der Waals surface area contributed by atoms with E-state index in [2.05, 4.69) is 26.6 Å². The van der Waals surface area contributed by atoms with Gasteiger partial charge in [-0.25, -0.2) is 0 Å². The lowest BCUT2D eigenvalue weighted by Gasteiger charge is -2.15. The molecule has 156 valence electrons. The number of carbonyl (C=O) groups is 2. The van der Waals surface area contributed by atoms with Gasteiger partial charge in [0.15, 0.2) is 11.5 Å². The zero-order valence-corrected chi connectivity index (χ0v) is 19.1. The smallest absolute Gasteiger partial charge is 0.251 e. The largest absolute Gasteiger partial charge is 0.493 e. The summed E-state index contributed by atoms with van der Waals surface area (Å²) >= 11 is 9.65. The van der Waals surface area contributed by atoms with Crippen molar-refractivity contribution in [2.45, 2.75) is 20.8 Å². The van der Waals surface area contributed by atoms with E-state index in [1.807, 2.05) is 32.9 Å². The van der Waals surface area contributed by atoms with Crippen molar-refractivity contribution in [3.63, 3.8) is 0 Å². The Kier molecular flexibility index (Phi) is 8.34. The summed E-state index contributed by atoms with van der Waals surface area (Å²) in [5.74, 6) is 0.287. The maximum Gasteiger partial charge on any atom is 0.251 e. The van der Waals surface area contributed by atoms with Crippen LogP contribution in [0.5, 0.6) is 11.5 Å². The monoisotopic (exact) mass is 482 g/mol. The normalized spacial score (nSPS) is 10.6. The van der Waals surface area contributed by atoms with Gasteiger partial charge in [0.25, 0.3) is 5.91 Å². The predicted octanol–water partition coefficient (Wildman–Crippen LogP) is 4.82. The number of benzene rings is 2. The number of ether oxygens (including phenoxy) is 2. The van der Waals surface area contributed by atoms with Gasteiger partial charge in [0.2, 0.25) is 5.91 Å². The minimum absolute atomic E-state index is 0.181. The van der Waals surface area contributed by atoms with Gasteiger partial charge in [-0.05, 0) is 48.7 Å². The summed E-state index contributed by atoms with van der Waals surface area (Å²) in [4.78, 5) is 24.6. The highest BCUT2D eigenvalue weighted by molar-refractivity contribution is 9.10. The van der Waals surface area contributed by atoms with Crippen molar-refractivity contribution in [2.24, 2.45) is 5.92 Å². The number of hydrogen-bond donors (Lipinski definition) is 2. The van der Waals surface area contributed by atoms with Gasteiger partial charge in [0, 0.05) is 15.7 Å². The molecule has 0 atom stereocenters. The SMILES string of the molecule is COc1cc(C(=O)NCC(=O)Nc2ccc(Br)cc2C)cc(Cl)c1OCC(C)C. The molecule has 0 radical (unpaired) electrons. The van der Waals surface area contributed by atoms with Crippen molar-refractivity contribution < 1.29 is 19.1 Å². The molecule has 0 aromatic heterocycles. The van der Waals surface area contributed by atoms with Crippen molar-refractivity contribution >= 4 is 45.0 Å². The Bertz CT molecular complexity index is 902. The average molecular weight is 484 g/mol. The third-order valence-electron chi connectivity index (χ3n) is 3.92.